The number of benzene rings is 2. The van der Waals surface area contributed by atoms with Crippen LogP contribution in [0.1, 0.15) is 88.5 Å². The van der Waals surface area contributed by atoms with E-state index in [1.165, 1.54) is 5.56 Å². The van der Waals surface area contributed by atoms with Crippen LogP contribution in [0.2, 0.25) is 5.02 Å². The van der Waals surface area contributed by atoms with Crippen molar-refractivity contribution in [3.05, 3.63) is 57.6 Å². The third kappa shape index (κ3) is 5.44. The van der Waals surface area contributed by atoms with Crippen LogP contribution in [0.3, 0.4) is 0 Å². The Hall–Kier alpha value is -1.67. The molecule has 0 spiro atoms. The summed E-state index contributed by atoms with van der Waals surface area (Å²) in [5, 5.41) is 21.9. The SMILES string of the molecule is CCCCc1ccc(O)c([C@@H](c2cc(CCCC)cc(Cl)c2O)C(C)(C)C)c1. The summed E-state index contributed by atoms with van der Waals surface area (Å²) in [4.78, 5) is 0. The van der Waals surface area contributed by atoms with Gasteiger partial charge in [-0.1, -0.05) is 77.3 Å². The van der Waals surface area contributed by atoms with Crippen LogP contribution in [-0.2, 0) is 12.8 Å². The van der Waals surface area contributed by atoms with Gasteiger partial charge in [0, 0.05) is 17.0 Å². The fraction of sp³-hybridized carbons (Fsp3) is 0.520. The van der Waals surface area contributed by atoms with E-state index in [-0.39, 0.29) is 22.8 Å². The predicted molar refractivity (Wildman–Crippen MR) is 120 cm³/mol. The molecule has 0 fully saturated rings. The quantitative estimate of drug-likeness (QED) is 0.476. The number of halogens is 1. The zero-order valence-corrected chi connectivity index (χ0v) is 18.7. The van der Waals surface area contributed by atoms with Crippen molar-refractivity contribution in [2.75, 3.05) is 0 Å². The molecule has 154 valence electrons. The molecule has 0 saturated heterocycles. The van der Waals surface area contributed by atoms with Gasteiger partial charge < -0.3 is 10.2 Å². The minimum Gasteiger partial charge on any atom is -0.508 e. The minimum atomic E-state index is -0.203. The Morgan fingerprint density at radius 3 is 2.00 bits per heavy atom. The van der Waals surface area contributed by atoms with Crippen molar-refractivity contribution >= 4 is 11.6 Å². The van der Waals surface area contributed by atoms with Gasteiger partial charge in [-0.2, -0.15) is 0 Å². The smallest absolute Gasteiger partial charge is 0.138 e. The second kappa shape index (κ2) is 9.69. The highest BCUT2D eigenvalue weighted by Crippen LogP contribution is 2.48. The fourth-order valence-corrected chi connectivity index (χ4v) is 4.15. The first-order valence-electron chi connectivity index (χ1n) is 10.5. The highest BCUT2D eigenvalue weighted by atomic mass is 35.5. The van der Waals surface area contributed by atoms with Crippen LogP contribution < -0.4 is 0 Å². The summed E-state index contributed by atoms with van der Waals surface area (Å²) in [6.07, 6.45) is 6.37. The average Bonchev–Trinajstić information content (AvgIpc) is 2.63. The number of phenols is 2. The van der Waals surface area contributed by atoms with Crippen LogP contribution in [0.4, 0.5) is 0 Å². The fourth-order valence-electron chi connectivity index (χ4n) is 3.90. The lowest BCUT2D eigenvalue weighted by Crippen LogP contribution is -2.20. The molecule has 0 heterocycles. The van der Waals surface area contributed by atoms with Crippen LogP contribution in [-0.4, -0.2) is 10.2 Å². The largest absolute Gasteiger partial charge is 0.508 e. The van der Waals surface area contributed by atoms with Gasteiger partial charge in [0.15, 0.2) is 0 Å². The van der Waals surface area contributed by atoms with Gasteiger partial charge in [0.1, 0.15) is 11.5 Å². The Morgan fingerprint density at radius 2 is 1.43 bits per heavy atom. The lowest BCUT2D eigenvalue weighted by Gasteiger charge is -2.33. The first kappa shape index (κ1) is 22.6. The first-order chi connectivity index (χ1) is 13.2. The molecule has 0 unspecified atom stereocenters. The molecule has 2 nitrogen and oxygen atoms in total. The average molecular weight is 403 g/mol. The molecule has 2 N–H and O–H groups in total. The zero-order valence-electron chi connectivity index (χ0n) is 18.0. The van der Waals surface area contributed by atoms with Gasteiger partial charge in [-0.25, -0.2) is 0 Å². The molecule has 0 aliphatic heterocycles. The highest BCUT2D eigenvalue weighted by molar-refractivity contribution is 6.32. The summed E-state index contributed by atoms with van der Waals surface area (Å²) in [6.45, 7) is 10.8. The summed E-state index contributed by atoms with van der Waals surface area (Å²) in [5.41, 5.74) is 3.81. The molecule has 0 aliphatic rings. The molecule has 0 aliphatic carbocycles. The van der Waals surface area contributed by atoms with E-state index in [4.69, 9.17) is 11.6 Å². The standard InChI is InChI=1S/C25H35ClO2/c1-6-8-10-17-12-13-22(27)19(14-17)23(25(3,4)5)20-15-18(11-9-7-2)16-21(26)24(20)28/h12-16,23,27-28H,6-11H2,1-5H3/t23-/m0/s1. The Bertz CT molecular complexity index is 790. The van der Waals surface area contributed by atoms with Gasteiger partial charge in [-0.3, -0.25) is 0 Å². The van der Waals surface area contributed by atoms with Gasteiger partial charge in [0.25, 0.3) is 0 Å². The maximum absolute atomic E-state index is 10.8. The maximum Gasteiger partial charge on any atom is 0.138 e. The molecule has 28 heavy (non-hydrogen) atoms. The molecule has 0 radical (unpaired) electrons. The van der Waals surface area contributed by atoms with Crippen LogP contribution in [0.25, 0.3) is 0 Å². The Labute approximate surface area is 175 Å². The van der Waals surface area contributed by atoms with Gasteiger partial charge >= 0.3 is 0 Å². The second-order valence-corrected chi connectivity index (χ2v) is 9.32. The van der Waals surface area contributed by atoms with Crippen molar-refractivity contribution < 1.29 is 10.2 Å². The van der Waals surface area contributed by atoms with Crippen molar-refractivity contribution in [3.63, 3.8) is 0 Å². The molecule has 0 aromatic heterocycles. The predicted octanol–water partition coefficient (Wildman–Crippen LogP) is 7.61. The highest BCUT2D eigenvalue weighted by Gasteiger charge is 2.33. The Kier molecular flexibility index (Phi) is 7.83. The normalized spacial score (nSPS) is 12.9. The molecular weight excluding hydrogens is 368 g/mol. The van der Waals surface area contributed by atoms with E-state index in [1.54, 1.807) is 6.07 Å². The molecule has 2 aromatic carbocycles. The van der Waals surface area contributed by atoms with E-state index in [2.05, 4.69) is 46.8 Å². The lowest BCUT2D eigenvalue weighted by atomic mass is 9.71. The number of unbranched alkanes of at least 4 members (excludes halogenated alkanes) is 2. The van der Waals surface area contributed by atoms with Gasteiger partial charge in [-0.15, -0.1) is 0 Å². The van der Waals surface area contributed by atoms with Crippen LogP contribution in [0.5, 0.6) is 11.5 Å². The van der Waals surface area contributed by atoms with Crippen molar-refractivity contribution in [1.29, 1.82) is 0 Å². The number of aromatic hydroxyl groups is 2. The molecule has 2 rings (SSSR count). The van der Waals surface area contributed by atoms with E-state index < -0.39 is 0 Å². The third-order valence-corrected chi connectivity index (χ3v) is 5.66. The molecular formula is C25H35ClO2. The number of hydrogen-bond acceptors (Lipinski definition) is 2. The number of aryl methyl sites for hydroxylation is 2. The second-order valence-electron chi connectivity index (χ2n) is 8.91. The minimum absolute atomic E-state index is 0.125. The lowest BCUT2D eigenvalue weighted by molar-refractivity contribution is 0.337. The van der Waals surface area contributed by atoms with Crippen molar-refractivity contribution in [1.82, 2.24) is 0 Å². The van der Waals surface area contributed by atoms with E-state index in [0.717, 1.165) is 55.2 Å². The number of rotatable bonds is 8. The first-order valence-corrected chi connectivity index (χ1v) is 10.9. The Morgan fingerprint density at radius 1 is 0.857 bits per heavy atom. The van der Waals surface area contributed by atoms with Crippen molar-refractivity contribution in [3.8, 4) is 11.5 Å². The van der Waals surface area contributed by atoms with Crippen LogP contribution in [0, 0.1) is 5.41 Å². The summed E-state index contributed by atoms with van der Waals surface area (Å²) in [5.74, 6) is 0.239. The Balaban J connectivity index is 2.61. The van der Waals surface area contributed by atoms with Crippen molar-refractivity contribution in [2.45, 2.75) is 79.1 Å². The maximum atomic E-state index is 10.8. The van der Waals surface area contributed by atoms with Crippen molar-refractivity contribution in [2.24, 2.45) is 5.41 Å². The van der Waals surface area contributed by atoms with E-state index >= 15 is 0 Å². The van der Waals surface area contributed by atoms with E-state index in [0.29, 0.717) is 5.02 Å². The topological polar surface area (TPSA) is 40.5 Å². The van der Waals surface area contributed by atoms with Gasteiger partial charge in [0.05, 0.1) is 5.02 Å². The number of phenolic OH excluding ortho intramolecular Hbond substituents is 2. The molecule has 1 atom stereocenters. The van der Waals surface area contributed by atoms with Crippen LogP contribution in [0.15, 0.2) is 30.3 Å². The zero-order chi connectivity index (χ0) is 20.9. The van der Waals surface area contributed by atoms with E-state index in [9.17, 15) is 10.2 Å². The molecule has 2 aromatic rings. The number of hydrogen-bond donors (Lipinski definition) is 2. The third-order valence-electron chi connectivity index (χ3n) is 5.37. The molecule has 3 heteroatoms. The summed E-state index contributed by atoms with van der Waals surface area (Å²) < 4.78 is 0. The summed E-state index contributed by atoms with van der Waals surface area (Å²) in [7, 11) is 0. The molecule has 0 saturated carbocycles. The summed E-state index contributed by atoms with van der Waals surface area (Å²) >= 11 is 6.41. The monoisotopic (exact) mass is 402 g/mol. The summed E-state index contributed by atoms with van der Waals surface area (Å²) in [6, 6.07) is 9.84. The molecule has 0 bridgehead atoms. The van der Waals surface area contributed by atoms with Gasteiger partial charge in [-0.05, 0) is 54.4 Å². The van der Waals surface area contributed by atoms with Crippen LogP contribution >= 0.6 is 11.6 Å². The van der Waals surface area contributed by atoms with E-state index in [1.807, 2.05) is 12.1 Å². The van der Waals surface area contributed by atoms with Gasteiger partial charge in [0.2, 0.25) is 0 Å². The molecule has 0 amide bonds.